The van der Waals surface area contributed by atoms with E-state index in [-0.39, 0.29) is 17.9 Å². The van der Waals surface area contributed by atoms with Crippen LogP contribution in [0.2, 0.25) is 0 Å². The standard InChI is InChI=1S/C15H20N2O5S/c1-3-22-15(20)17-8-6-10(7-9-17)13(18)16-12-5-4-11(23-12)14(19)21-2/h4-5,10H,3,6-9H2,1-2H3,(H,16,18). The van der Waals surface area contributed by atoms with E-state index in [4.69, 9.17) is 4.74 Å². The third-order valence-electron chi connectivity index (χ3n) is 3.63. The minimum Gasteiger partial charge on any atom is -0.465 e. The molecule has 1 aliphatic rings. The van der Waals surface area contributed by atoms with Crippen molar-refractivity contribution < 1.29 is 23.9 Å². The predicted molar refractivity (Wildman–Crippen MR) is 85.6 cm³/mol. The Morgan fingerprint density at radius 1 is 1.30 bits per heavy atom. The van der Waals surface area contributed by atoms with Crippen molar-refractivity contribution in [1.82, 2.24) is 4.90 Å². The number of carbonyl (C=O) groups is 3. The third-order valence-corrected chi connectivity index (χ3v) is 4.61. The molecule has 2 amide bonds. The number of hydrogen-bond donors (Lipinski definition) is 1. The molecule has 2 heterocycles. The highest BCUT2D eigenvalue weighted by Crippen LogP contribution is 2.25. The Hall–Kier alpha value is -2.09. The largest absolute Gasteiger partial charge is 0.465 e. The second-order valence-electron chi connectivity index (χ2n) is 5.10. The summed E-state index contributed by atoms with van der Waals surface area (Å²) in [6, 6.07) is 3.30. The van der Waals surface area contributed by atoms with Crippen LogP contribution in [0.1, 0.15) is 29.4 Å². The lowest BCUT2D eigenvalue weighted by atomic mass is 9.96. The van der Waals surface area contributed by atoms with E-state index in [2.05, 4.69) is 10.1 Å². The molecule has 7 nitrogen and oxygen atoms in total. The van der Waals surface area contributed by atoms with E-state index < -0.39 is 5.97 Å². The molecule has 0 saturated carbocycles. The lowest BCUT2D eigenvalue weighted by Gasteiger charge is -2.30. The second kappa shape index (κ2) is 7.96. The zero-order chi connectivity index (χ0) is 16.8. The van der Waals surface area contributed by atoms with Gasteiger partial charge in [-0.15, -0.1) is 11.3 Å². The number of piperidine rings is 1. The van der Waals surface area contributed by atoms with Gasteiger partial charge in [-0.3, -0.25) is 4.79 Å². The first-order chi connectivity index (χ1) is 11.0. The summed E-state index contributed by atoms with van der Waals surface area (Å²) in [4.78, 5) is 37.3. The van der Waals surface area contributed by atoms with E-state index in [0.717, 1.165) is 0 Å². The summed E-state index contributed by atoms with van der Waals surface area (Å²) in [7, 11) is 1.32. The highest BCUT2D eigenvalue weighted by atomic mass is 32.1. The van der Waals surface area contributed by atoms with Gasteiger partial charge in [0, 0.05) is 19.0 Å². The van der Waals surface area contributed by atoms with Gasteiger partial charge >= 0.3 is 12.1 Å². The number of hydrogen-bond acceptors (Lipinski definition) is 6. The van der Waals surface area contributed by atoms with Crippen LogP contribution in [0.3, 0.4) is 0 Å². The molecule has 2 rings (SSSR count). The van der Waals surface area contributed by atoms with Crippen molar-refractivity contribution in [2.45, 2.75) is 19.8 Å². The van der Waals surface area contributed by atoms with Crippen LogP contribution in [0.25, 0.3) is 0 Å². The molecule has 0 atom stereocenters. The van der Waals surface area contributed by atoms with Crippen LogP contribution in [0.5, 0.6) is 0 Å². The van der Waals surface area contributed by atoms with Crippen molar-refractivity contribution in [3.05, 3.63) is 17.0 Å². The van der Waals surface area contributed by atoms with Gasteiger partial charge in [0.1, 0.15) is 4.88 Å². The molecule has 1 aromatic rings. The summed E-state index contributed by atoms with van der Waals surface area (Å²) < 4.78 is 9.59. The number of esters is 1. The molecule has 126 valence electrons. The van der Waals surface area contributed by atoms with E-state index in [0.29, 0.717) is 42.4 Å². The minimum atomic E-state index is -0.418. The summed E-state index contributed by atoms with van der Waals surface area (Å²) in [5.41, 5.74) is 0. The zero-order valence-corrected chi connectivity index (χ0v) is 14.0. The Morgan fingerprint density at radius 2 is 2.00 bits per heavy atom. The van der Waals surface area contributed by atoms with Crippen LogP contribution in [0, 0.1) is 5.92 Å². The van der Waals surface area contributed by atoms with Gasteiger partial charge in [0.15, 0.2) is 0 Å². The van der Waals surface area contributed by atoms with Gasteiger partial charge in [0.2, 0.25) is 5.91 Å². The van der Waals surface area contributed by atoms with Gasteiger partial charge in [-0.2, -0.15) is 0 Å². The van der Waals surface area contributed by atoms with Crippen LogP contribution in [-0.2, 0) is 14.3 Å². The fourth-order valence-electron chi connectivity index (χ4n) is 2.38. The average molecular weight is 340 g/mol. The van der Waals surface area contributed by atoms with Crippen LogP contribution in [0.15, 0.2) is 12.1 Å². The SMILES string of the molecule is CCOC(=O)N1CCC(C(=O)Nc2ccc(C(=O)OC)s2)CC1. The van der Waals surface area contributed by atoms with Crippen molar-refractivity contribution >= 4 is 34.3 Å². The topological polar surface area (TPSA) is 84.9 Å². The van der Waals surface area contributed by atoms with E-state index >= 15 is 0 Å². The van der Waals surface area contributed by atoms with E-state index in [1.165, 1.54) is 18.4 Å². The van der Waals surface area contributed by atoms with Crippen molar-refractivity contribution in [3.8, 4) is 0 Å². The van der Waals surface area contributed by atoms with Gasteiger partial charge in [-0.25, -0.2) is 9.59 Å². The molecule has 0 spiro atoms. The Balaban J connectivity index is 1.84. The molecular formula is C15H20N2O5S. The van der Waals surface area contributed by atoms with E-state index in [1.54, 1.807) is 24.0 Å². The number of methoxy groups -OCH3 is 1. The van der Waals surface area contributed by atoms with Gasteiger partial charge in [0.25, 0.3) is 0 Å². The van der Waals surface area contributed by atoms with Gasteiger partial charge in [-0.1, -0.05) is 0 Å². The zero-order valence-electron chi connectivity index (χ0n) is 13.2. The van der Waals surface area contributed by atoms with Crippen LogP contribution < -0.4 is 5.32 Å². The number of rotatable bonds is 4. The molecule has 0 aliphatic carbocycles. The van der Waals surface area contributed by atoms with Crippen LogP contribution in [-0.4, -0.2) is 49.7 Å². The minimum absolute atomic E-state index is 0.0909. The third kappa shape index (κ3) is 4.44. The first kappa shape index (κ1) is 17.3. The van der Waals surface area contributed by atoms with Gasteiger partial charge in [0.05, 0.1) is 18.7 Å². The van der Waals surface area contributed by atoms with E-state index in [1.807, 2.05) is 0 Å². The highest BCUT2D eigenvalue weighted by Gasteiger charge is 2.28. The summed E-state index contributed by atoms with van der Waals surface area (Å²) >= 11 is 1.18. The number of likely N-dealkylation sites (tertiary alicyclic amines) is 1. The average Bonchev–Trinajstić information content (AvgIpc) is 3.03. The molecule has 1 saturated heterocycles. The number of nitrogens with one attached hydrogen (secondary N) is 1. The van der Waals surface area contributed by atoms with E-state index in [9.17, 15) is 14.4 Å². The lowest BCUT2D eigenvalue weighted by Crippen LogP contribution is -2.41. The van der Waals surface area contributed by atoms with Crippen molar-refractivity contribution in [3.63, 3.8) is 0 Å². The molecular weight excluding hydrogens is 320 g/mol. The summed E-state index contributed by atoms with van der Waals surface area (Å²) in [6.45, 7) is 3.13. The van der Waals surface area contributed by atoms with Crippen LogP contribution >= 0.6 is 11.3 Å². The molecule has 0 bridgehead atoms. The smallest absolute Gasteiger partial charge is 0.409 e. The summed E-state index contributed by atoms with van der Waals surface area (Å²) in [6.07, 6.45) is 0.868. The first-order valence-electron chi connectivity index (χ1n) is 7.45. The molecule has 1 fully saturated rings. The van der Waals surface area contributed by atoms with Crippen molar-refractivity contribution in [2.75, 3.05) is 32.1 Å². The lowest BCUT2D eigenvalue weighted by molar-refractivity contribution is -0.121. The molecule has 1 aliphatic heterocycles. The maximum absolute atomic E-state index is 12.3. The maximum atomic E-state index is 12.3. The fourth-order valence-corrected chi connectivity index (χ4v) is 3.21. The Bertz CT molecular complexity index is 578. The molecule has 23 heavy (non-hydrogen) atoms. The molecule has 8 heteroatoms. The summed E-state index contributed by atoms with van der Waals surface area (Å²) in [5, 5.41) is 3.43. The predicted octanol–water partition coefficient (Wildman–Crippen LogP) is 2.34. The Morgan fingerprint density at radius 3 is 2.61 bits per heavy atom. The fraction of sp³-hybridized carbons (Fsp3) is 0.533. The normalized spacial score (nSPS) is 15.1. The number of nitrogens with zero attached hydrogens (tertiary/aromatic N) is 1. The number of thiophene rings is 1. The van der Waals surface area contributed by atoms with Crippen molar-refractivity contribution in [1.29, 1.82) is 0 Å². The maximum Gasteiger partial charge on any atom is 0.409 e. The molecule has 0 unspecified atom stereocenters. The highest BCUT2D eigenvalue weighted by molar-refractivity contribution is 7.18. The molecule has 0 radical (unpaired) electrons. The monoisotopic (exact) mass is 340 g/mol. The number of amides is 2. The Kier molecular flexibility index (Phi) is 5.97. The second-order valence-corrected chi connectivity index (χ2v) is 6.19. The van der Waals surface area contributed by atoms with Gasteiger partial charge in [-0.05, 0) is 31.9 Å². The van der Waals surface area contributed by atoms with Crippen molar-refractivity contribution in [2.24, 2.45) is 5.92 Å². The number of ether oxygens (including phenoxy) is 2. The number of anilines is 1. The Labute approximate surface area is 138 Å². The molecule has 0 aromatic carbocycles. The quantitative estimate of drug-likeness (QED) is 0.851. The molecule has 1 aromatic heterocycles. The summed E-state index contributed by atoms with van der Waals surface area (Å²) in [5.74, 6) is -0.658. The molecule has 1 N–H and O–H groups in total. The van der Waals surface area contributed by atoms with Gasteiger partial charge < -0.3 is 19.7 Å². The first-order valence-corrected chi connectivity index (χ1v) is 8.27. The number of carbonyl (C=O) groups excluding carboxylic acids is 3. The van der Waals surface area contributed by atoms with Crippen LogP contribution in [0.4, 0.5) is 9.80 Å².